The molecule has 0 amide bonds. The van der Waals surface area contributed by atoms with Crippen molar-refractivity contribution in [1.29, 1.82) is 0 Å². The molecule has 30 heavy (non-hydrogen) atoms. The smallest absolute Gasteiger partial charge is 0.339 e. The number of pyridine rings is 1. The molecule has 0 saturated carbocycles. The van der Waals surface area contributed by atoms with E-state index in [2.05, 4.69) is 23.2 Å². The quantitative estimate of drug-likeness (QED) is 0.572. The summed E-state index contributed by atoms with van der Waals surface area (Å²) in [6.45, 7) is 7.17. The fraction of sp³-hybridized carbons (Fsp3) is 0.360. The zero-order valence-corrected chi connectivity index (χ0v) is 17.9. The SMILES string of the molecule is COC(=O)C(OC(C)(C)C)c1c(-c2ccc3c(c2)CCOC3)ccc2ncccc12. The summed E-state index contributed by atoms with van der Waals surface area (Å²) in [7, 11) is 1.39. The summed E-state index contributed by atoms with van der Waals surface area (Å²) in [5.41, 5.74) is 5.55. The highest BCUT2D eigenvalue weighted by molar-refractivity contribution is 5.94. The van der Waals surface area contributed by atoms with E-state index >= 15 is 0 Å². The van der Waals surface area contributed by atoms with Gasteiger partial charge in [0.25, 0.3) is 0 Å². The van der Waals surface area contributed by atoms with Gasteiger partial charge in [-0.25, -0.2) is 4.79 Å². The van der Waals surface area contributed by atoms with Crippen LogP contribution in [0.2, 0.25) is 0 Å². The molecule has 0 aliphatic carbocycles. The number of aromatic nitrogens is 1. The van der Waals surface area contributed by atoms with Crippen LogP contribution >= 0.6 is 0 Å². The largest absolute Gasteiger partial charge is 0.467 e. The molecule has 1 unspecified atom stereocenters. The molecule has 1 atom stereocenters. The maximum absolute atomic E-state index is 12.9. The topological polar surface area (TPSA) is 57.7 Å². The van der Waals surface area contributed by atoms with E-state index in [0.29, 0.717) is 6.61 Å². The third-order valence-electron chi connectivity index (χ3n) is 5.27. The van der Waals surface area contributed by atoms with Crippen LogP contribution < -0.4 is 0 Å². The molecule has 156 valence electrons. The van der Waals surface area contributed by atoms with Gasteiger partial charge >= 0.3 is 5.97 Å². The number of carbonyl (C=O) groups is 1. The highest BCUT2D eigenvalue weighted by Gasteiger charge is 2.32. The minimum atomic E-state index is -0.864. The van der Waals surface area contributed by atoms with Gasteiger partial charge in [0, 0.05) is 17.1 Å². The standard InChI is InChI=1S/C25H27NO4/c1-25(2,3)30-23(24(27)28-4)22-19(9-10-21-20(22)6-5-12-26-21)17-7-8-18-15-29-13-11-16(18)14-17/h5-10,12,14,23H,11,13,15H2,1-4H3. The van der Waals surface area contributed by atoms with Crippen LogP contribution in [0.1, 0.15) is 43.6 Å². The van der Waals surface area contributed by atoms with E-state index in [0.717, 1.165) is 40.6 Å². The second-order valence-electron chi connectivity index (χ2n) is 8.52. The van der Waals surface area contributed by atoms with Crippen LogP contribution in [0.25, 0.3) is 22.0 Å². The molecular formula is C25H27NO4. The highest BCUT2D eigenvalue weighted by Crippen LogP contribution is 2.39. The zero-order valence-electron chi connectivity index (χ0n) is 17.9. The van der Waals surface area contributed by atoms with Crippen molar-refractivity contribution in [3.05, 3.63) is 65.4 Å². The monoisotopic (exact) mass is 405 g/mol. The fourth-order valence-corrected chi connectivity index (χ4v) is 3.93. The molecule has 3 aromatic rings. The average Bonchev–Trinajstić information content (AvgIpc) is 2.75. The van der Waals surface area contributed by atoms with E-state index in [4.69, 9.17) is 14.2 Å². The number of carbonyl (C=O) groups excluding carboxylic acids is 1. The predicted molar refractivity (Wildman–Crippen MR) is 116 cm³/mol. The first-order chi connectivity index (χ1) is 14.4. The lowest BCUT2D eigenvalue weighted by Gasteiger charge is -2.28. The lowest BCUT2D eigenvalue weighted by atomic mass is 9.89. The Balaban J connectivity index is 1.95. The first kappa shape index (κ1) is 20.5. The van der Waals surface area contributed by atoms with Gasteiger partial charge in [0.15, 0.2) is 6.10 Å². The molecule has 0 bridgehead atoms. The number of benzene rings is 2. The van der Waals surface area contributed by atoms with Gasteiger partial charge in [-0.05, 0) is 61.6 Å². The maximum atomic E-state index is 12.9. The zero-order chi connectivity index (χ0) is 21.3. The number of rotatable bonds is 4. The first-order valence-corrected chi connectivity index (χ1v) is 10.2. The van der Waals surface area contributed by atoms with Crippen LogP contribution in [-0.4, -0.2) is 30.3 Å². The molecular weight excluding hydrogens is 378 g/mol. The number of ether oxygens (including phenoxy) is 3. The molecule has 2 aromatic carbocycles. The van der Waals surface area contributed by atoms with Crippen LogP contribution in [-0.2, 0) is 32.0 Å². The van der Waals surface area contributed by atoms with E-state index in [9.17, 15) is 4.79 Å². The number of hydrogen-bond donors (Lipinski definition) is 0. The molecule has 0 radical (unpaired) electrons. The van der Waals surface area contributed by atoms with Crippen molar-refractivity contribution in [2.45, 2.75) is 45.5 Å². The molecule has 1 aromatic heterocycles. The summed E-state index contributed by atoms with van der Waals surface area (Å²) < 4.78 is 17.0. The lowest BCUT2D eigenvalue weighted by Crippen LogP contribution is -2.28. The third-order valence-corrected chi connectivity index (χ3v) is 5.27. The van der Waals surface area contributed by atoms with Gasteiger partial charge in [0.05, 0.1) is 31.4 Å². The summed E-state index contributed by atoms with van der Waals surface area (Å²) in [6.07, 6.45) is 1.77. The number of hydrogen-bond acceptors (Lipinski definition) is 5. The second-order valence-corrected chi connectivity index (χ2v) is 8.52. The van der Waals surface area contributed by atoms with Crippen LogP contribution in [0.5, 0.6) is 0 Å². The summed E-state index contributed by atoms with van der Waals surface area (Å²) in [5, 5.41) is 0.885. The molecule has 0 spiro atoms. The maximum Gasteiger partial charge on any atom is 0.339 e. The van der Waals surface area contributed by atoms with Gasteiger partial charge in [-0.2, -0.15) is 0 Å². The van der Waals surface area contributed by atoms with Crippen LogP contribution in [0.3, 0.4) is 0 Å². The number of nitrogens with zero attached hydrogens (tertiary/aromatic N) is 1. The number of fused-ring (bicyclic) bond motifs is 2. The van der Waals surface area contributed by atoms with Crippen molar-refractivity contribution in [2.24, 2.45) is 0 Å². The Hall–Kier alpha value is -2.76. The Morgan fingerprint density at radius 3 is 2.73 bits per heavy atom. The predicted octanol–water partition coefficient (Wildman–Crippen LogP) is 5.00. The highest BCUT2D eigenvalue weighted by atomic mass is 16.6. The summed E-state index contributed by atoms with van der Waals surface area (Å²) in [5.74, 6) is -0.422. The lowest BCUT2D eigenvalue weighted by molar-refractivity contribution is -0.164. The van der Waals surface area contributed by atoms with E-state index in [1.807, 2.05) is 45.0 Å². The van der Waals surface area contributed by atoms with Crippen molar-refractivity contribution in [2.75, 3.05) is 13.7 Å². The van der Waals surface area contributed by atoms with E-state index in [-0.39, 0.29) is 0 Å². The Bertz CT molecular complexity index is 1080. The molecule has 1 aliphatic heterocycles. The van der Waals surface area contributed by atoms with Gasteiger partial charge in [0.1, 0.15) is 0 Å². The number of esters is 1. The van der Waals surface area contributed by atoms with Gasteiger partial charge in [-0.3, -0.25) is 4.98 Å². The molecule has 2 heterocycles. The average molecular weight is 405 g/mol. The summed E-state index contributed by atoms with van der Waals surface area (Å²) >= 11 is 0. The molecule has 0 saturated heterocycles. The van der Waals surface area contributed by atoms with E-state index in [1.165, 1.54) is 18.2 Å². The van der Waals surface area contributed by atoms with Gasteiger partial charge < -0.3 is 14.2 Å². The van der Waals surface area contributed by atoms with Gasteiger partial charge in [-0.1, -0.05) is 30.3 Å². The van der Waals surface area contributed by atoms with Crippen molar-refractivity contribution >= 4 is 16.9 Å². The summed E-state index contributed by atoms with van der Waals surface area (Å²) in [4.78, 5) is 17.4. The van der Waals surface area contributed by atoms with E-state index in [1.54, 1.807) is 6.20 Å². The molecule has 1 aliphatic rings. The van der Waals surface area contributed by atoms with Crippen molar-refractivity contribution in [3.8, 4) is 11.1 Å². The summed E-state index contributed by atoms with van der Waals surface area (Å²) in [6, 6.07) is 14.3. The van der Waals surface area contributed by atoms with E-state index < -0.39 is 17.7 Å². The fourth-order valence-electron chi connectivity index (χ4n) is 3.93. The minimum Gasteiger partial charge on any atom is -0.467 e. The minimum absolute atomic E-state index is 0.422. The van der Waals surface area contributed by atoms with Crippen molar-refractivity contribution in [1.82, 2.24) is 4.98 Å². The molecule has 0 N–H and O–H groups in total. The molecule has 5 nitrogen and oxygen atoms in total. The van der Waals surface area contributed by atoms with Gasteiger partial charge in [0.2, 0.25) is 0 Å². The van der Waals surface area contributed by atoms with Crippen LogP contribution in [0, 0.1) is 0 Å². The second kappa shape index (κ2) is 8.17. The first-order valence-electron chi connectivity index (χ1n) is 10.2. The Kier molecular flexibility index (Phi) is 5.58. The van der Waals surface area contributed by atoms with Crippen LogP contribution in [0.4, 0.5) is 0 Å². The van der Waals surface area contributed by atoms with Crippen LogP contribution in [0.15, 0.2) is 48.7 Å². The third kappa shape index (κ3) is 4.09. The Morgan fingerprint density at radius 2 is 1.97 bits per heavy atom. The molecule has 5 heteroatoms. The molecule has 4 rings (SSSR count). The molecule has 0 fully saturated rings. The Labute approximate surface area is 177 Å². The van der Waals surface area contributed by atoms with Gasteiger partial charge in [-0.15, -0.1) is 0 Å². The normalized spacial score (nSPS) is 14.9. The Morgan fingerprint density at radius 1 is 1.13 bits per heavy atom. The number of methoxy groups -OCH3 is 1. The van der Waals surface area contributed by atoms with Crippen molar-refractivity contribution < 1.29 is 19.0 Å². The van der Waals surface area contributed by atoms with Crippen molar-refractivity contribution in [3.63, 3.8) is 0 Å².